The van der Waals surface area contributed by atoms with Crippen LogP contribution in [0.15, 0.2) is 18.3 Å². The molecule has 0 amide bonds. The van der Waals surface area contributed by atoms with Gasteiger partial charge >= 0.3 is 0 Å². The largest absolute Gasteiger partial charge is 0.375 e. The van der Waals surface area contributed by atoms with E-state index in [4.69, 9.17) is 4.74 Å². The molecule has 1 aliphatic rings. The summed E-state index contributed by atoms with van der Waals surface area (Å²) in [6.07, 6.45) is 4.09. The Balaban J connectivity index is 1.92. The van der Waals surface area contributed by atoms with E-state index in [1.807, 2.05) is 38.2 Å². The van der Waals surface area contributed by atoms with Crippen LogP contribution in [0.1, 0.15) is 25.3 Å². The molecule has 1 saturated heterocycles. The van der Waals surface area contributed by atoms with Crippen molar-refractivity contribution >= 4 is 15.8 Å². The van der Waals surface area contributed by atoms with E-state index in [2.05, 4.69) is 11.1 Å². The van der Waals surface area contributed by atoms with Gasteiger partial charge in [-0.25, -0.2) is 13.4 Å². The van der Waals surface area contributed by atoms with E-state index in [-0.39, 0.29) is 11.9 Å². The van der Waals surface area contributed by atoms with Gasteiger partial charge in [-0.3, -0.25) is 0 Å². The molecule has 1 fully saturated rings. The molecule has 1 aliphatic heterocycles. The van der Waals surface area contributed by atoms with Crippen LogP contribution >= 0.6 is 0 Å². The van der Waals surface area contributed by atoms with Crippen LogP contribution in [-0.4, -0.2) is 63.4 Å². The highest BCUT2D eigenvalue weighted by Gasteiger charge is 2.28. The topological polar surface area (TPSA) is 62.7 Å². The third kappa shape index (κ3) is 5.16. The number of hydrogen-bond donors (Lipinski definition) is 0. The van der Waals surface area contributed by atoms with Crippen LogP contribution in [-0.2, 0) is 21.2 Å². The number of nitrogens with zero attached hydrogens (tertiary/aromatic N) is 3. The van der Waals surface area contributed by atoms with Gasteiger partial charge < -0.3 is 9.64 Å². The maximum atomic E-state index is 12.2. The fraction of sp³-hybridized carbons (Fsp3) is 0.688. The lowest BCUT2D eigenvalue weighted by Crippen LogP contribution is -2.46. The molecule has 6 nitrogen and oxygen atoms in total. The number of anilines is 1. The zero-order valence-electron chi connectivity index (χ0n) is 14.2. The molecule has 0 N–H and O–H groups in total. The Morgan fingerprint density at radius 1 is 1.43 bits per heavy atom. The van der Waals surface area contributed by atoms with Crippen LogP contribution in [0.2, 0.25) is 0 Å². The normalized spacial score (nSPS) is 19.7. The highest BCUT2D eigenvalue weighted by molar-refractivity contribution is 7.89. The predicted molar refractivity (Wildman–Crippen MR) is 92.3 cm³/mol. The molecule has 0 radical (unpaired) electrons. The summed E-state index contributed by atoms with van der Waals surface area (Å²) < 4.78 is 31.7. The van der Waals surface area contributed by atoms with Crippen LogP contribution in [0.3, 0.4) is 0 Å². The Labute approximate surface area is 139 Å². The molecule has 0 aliphatic carbocycles. The van der Waals surface area contributed by atoms with Gasteiger partial charge in [-0.05, 0) is 37.0 Å². The number of ether oxygens (including phenoxy) is 1. The third-order valence-electron chi connectivity index (χ3n) is 3.98. The van der Waals surface area contributed by atoms with Gasteiger partial charge in [0.15, 0.2) is 0 Å². The van der Waals surface area contributed by atoms with Crippen molar-refractivity contribution in [2.24, 2.45) is 0 Å². The minimum Gasteiger partial charge on any atom is -0.375 e. The van der Waals surface area contributed by atoms with E-state index in [0.717, 1.165) is 18.7 Å². The van der Waals surface area contributed by atoms with Crippen molar-refractivity contribution in [3.05, 3.63) is 23.9 Å². The summed E-state index contributed by atoms with van der Waals surface area (Å²) in [6.45, 7) is 3.31. The van der Waals surface area contributed by atoms with Crippen molar-refractivity contribution in [3.8, 4) is 0 Å². The Hall–Kier alpha value is -1.18. The minimum absolute atomic E-state index is 0.0358. The van der Waals surface area contributed by atoms with Gasteiger partial charge in [0.1, 0.15) is 5.82 Å². The lowest BCUT2D eigenvalue weighted by atomic mass is 10.1. The van der Waals surface area contributed by atoms with E-state index in [9.17, 15) is 8.42 Å². The number of hydrogen-bond acceptors (Lipinski definition) is 5. The van der Waals surface area contributed by atoms with Crippen molar-refractivity contribution in [2.75, 3.05) is 44.4 Å². The fourth-order valence-electron chi connectivity index (χ4n) is 2.69. The summed E-state index contributed by atoms with van der Waals surface area (Å²) in [4.78, 5) is 6.28. The first-order valence-electron chi connectivity index (χ1n) is 8.14. The number of aryl methyl sites for hydroxylation is 1. The number of pyridine rings is 1. The van der Waals surface area contributed by atoms with Gasteiger partial charge in [0.25, 0.3) is 0 Å². The zero-order valence-corrected chi connectivity index (χ0v) is 15.1. The molecule has 1 unspecified atom stereocenters. The second-order valence-electron chi connectivity index (χ2n) is 6.12. The minimum atomic E-state index is -3.13. The summed E-state index contributed by atoms with van der Waals surface area (Å²) in [6, 6.07) is 4.07. The van der Waals surface area contributed by atoms with E-state index in [1.54, 1.807) is 4.31 Å². The van der Waals surface area contributed by atoms with Gasteiger partial charge in [-0.1, -0.05) is 6.92 Å². The van der Waals surface area contributed by atoms with Crippen molar-refractivity contribution in [1.82, 2.24) is 9.29 Å². The molecule has 0 saturated carbocycles. The predicted octanol–water partition coefficient (Wildman–Crippen LogP) is 1.52. The van der Waals surface area contributed by atoms with E-state index < -0.39 is 10.0 Å². The van der Waals surface area contributed by atoms with Crippen LogP contribution in [0.25, 0.3) is 0 Å². The first kappa shape index (κ1) is 18.2. The smallest absolute Gasteiger partial charge is 0.214 e. The second kappa shape index (κ2) is 8.08. The molecule has 0 aromatic carbocycles. The molecule has 1 aromatic rings. The van der Waals surface area contributed by atoms with Crippen molar-refractivity contribution in [1.29, 1.82) is 0 Å². The quantitative estimate of drug-likeness (QED) is 0.752. The van der Waals surface area contributed by atoms with Gasteiger partial charge in [0.2, 0.25) is 10.0 Å². The van der Waals surface area contributed by atoms with Crippen LogP contribution in [0.4, 0.5) is 5.82 Å². The molecular weight excluding hydrogens is 314 g/mol. The summed E-state index contributed by atoms with van der Waals surface area (Å²) in [5.41, 5.74) is 1.20. The standard InChI is InChI=1S/C16H27N3O3S/c1-4-11-23(20,21)19-9-10-22-15(13-19)6-5-14-7-8-17-16(12-14)18(2)3/h7-8,12,15H,4-6,9-11,13H2,1-3H3. The Morgan fingerprint density at radius 2 is 2.22 bits per heavy atom. The molecule has 0 bridgehead atoms. The van der Waals surface area contributed by atoms with E-state index in [1.165, 1.54) is 5.56 Å². The van der Waals surface area contributed by atoms with Gasteiger partial charge in [-0.15, -0.1) is 0 Å². The maximum Gasteiger partial charge on any atom is 0.214 e. The van der Waals surface area contributed by atoms with Crippen molar-refractivity contribution in [2.45, 2.75) is 32.3 Å². The van der Waals surface area contributed by atoms with E-state index >= 15 is 0 Å². The van der Waals surface area contributed by atoms with E-state index in [0.29, 0.717) is 26.1 Å². The lowest BCUT2D eigenvalue weighted by Gasteiger charge is -2.32. The maximum absolute atomic E-state index is 12.2. The molecule has 0 spiro atoms. The van der Waals surface area contributed by atoms with Crippen molar-refractivity contribution in [3.63, 3.8) is 0 Å². The van der Waals surface area contributed by atoms with Gasteiger partial charge in [0, 0.05) is 33.4 Å². The molecule has 23 heavy (non-hydrogen) atoms. The second-order valence-corrected chi connectivity index (χ2v) is 8.21. The number of rotatable bonds is 7. The van der Waals surface area contributed by atoms with Crippen LogP contribution in [0.5, 0.6) is 0 Å². The number of aromatic nitrogens is 1. The molecular formula is C16H27N3O3S. The first-order valence-corrected chi connectivity index (χ1v) is 9.75. The Morgan fingerprint density at radius 3 is 2.91 bits per heavy atom. The number of sulfonamides is 1. The lowest BCUT2D eigenvalue weighted by molar-refractivity contribution is -0.00525. The molecule has 2 heterocycles. The summed E-state index contributed by atoms with van der Waals surface area (Å²) in [7, 11) is 0.800. The summed E-state index contributed by atoms with van der Waals surface area (Å²) in [5, 5.41) is 0. The monoisotopic (exact) mass is 341 g/mol. The third-order valence-corrected chi connectivity index (χ3v) is 6.02. The average molecular weight is 341 g/mol. The first-order chi connectivity index (χ1) is 10.9. The van der Waals surface area contributed by atoms with Crippen molar-refractivity contribution < 1.29 is 13.2 Å². The van der Waals surface area contributed by atoms with Crippen LogP contribution in [0, 0.1) is 0 Å². The summed E-state index contributed by atoms with van der Waals surface area (Å²) >= 11 is 0. The summed E-state index contributed by atoms with van der Waals surface area (Å²) in [5.74, 6) is 1.15. The zero-order chi connectivity index (χ0) is 16.9. The Bertz CT molecular complexity index is 604. The molecule has 1 atom stereocenters. The highest BCUT2D eigenvalue weighted by Crippen LogP contribution is 2.17. The SMILES string of the molecule is CCCS(=O)(=O)N1CCOC(CCc2ccnc(N(C)C)c2)C1. The molecule has 1 aromatic heterocycles. The Kier molecular flexibility index (Phi) is 6.38. The number of morpholine rings is 1. The molecule has 2 rings (SSSR count). The molecule has 130 valence electrons. The van der Waals surface area contributed by atoms with Crippen LogP contribution < -0.4 is 4.90 Å². The highest BCUT2D eigenvalue weighted by atomic mass is 32.2. The van der Waals surface area contributed by atoms with Gasteiger partial charge in [0.05, 0.1) is 18.5 Å². The average Bonchev–Trinajstić information content (AvgIpc) is 2.53. The molecule has 7 heteroatoms. The fourth-order valence-corrected chi connectivity index (χ4v) is 4.22. The van der Waals surface area contributed by atoms with Gasteiger partial charge in [-0.2, -0.15) is 4.31 Å².